The molecule has 4 aromatic rings. The lowest BCUT2D eigenvalue weighted by atomic mass is 10.2. The first-order chi connectivity index (χ1) is 14.4. The van der Waals surface area contributed by atoms with Crippen molar-refractivity contribution in [1.82, 2.24) is 4.98 Å². The SMILES string of the molecule is Cc1cc(OCC(=O)Nc2ccc3oc(-c4ccc(O)c(Br)c4)nc3c2)ccc1Cl. The fourth-order valence-corrected chi connectivity index (χ4v) is 3.32. The minimum atomic E-state index is -0.298. The molecule has 152 valence electrons. The highest BCUT2D eigenvalue weighted by molar-refractivity contribution is 9.10. The van der Waals surface area contributed by atoms with Gasteiger partial charge in [-0.25, -0.2) is 4.98 Å². The van der Waals surface area contributed by atoms with Gasteiger partial charge < -0.3 is 19.6 Å². The third-order valence-electron chi connectivity index (χ3n) is 4.37. The van der Waals surface area contributed by atoms with Crippen molar-refractivity contribution >= 4 is 50.2 Å². The summed E-state index contributed by atoms with van der Waals surface area (Å²) < 4.78 is 11.8. The molecule has 0 spiro atoms. The first-order valence-electron chi connectivity index (χ1n) is 8.97. The van der Waals surface area contributed by atoms with Crippen LogP contribution in [0.15, 0.2) is 63.5 Å². The number of oxazole rings is 1. The predicted molar refractivity (Wildman–Crippen MR) is 119 cm³/mol. The summed E-state index contributed by atoms with van der Waals surface area (Å²) in [7, 11) is 0. The Balaban J connectivity index is 1.45. The standard InChI is InChI=1S/C22H16BrClN2O4/c1-12-8-15(4-5-17(12)24)29-11-21(28)25-14-3-7-20-18(10-14)26-22(30-20)13-2-6-19(27)16(23)9-13/h2-10,27H,11H2,1H3,(H,25,28). The summed E-state index contributed by atoms with van der Waals surface area (Å²) in [5, 5.41) is 13.1. The van der Waals surface area contributed by atoms with Crippen molar-refractivity contribution in [3.05, 3.63) is 69.7 Å². The van der Waals surface area contributed by atoms with Crippen LogP contribution in [-0.4, -0.2) is 22.6 Å². The number of hydrogen-bond donors (Lipinski definition) is 2. The van der Waals surface area contributed by atoms with Crippen LogP contribution in [0, 0.1) is 6.92 Å². The Labute approximate surface area is 185 Å². The molecule has 0 aliphatic rings. The van der Waals surface area contributed by atoms with Crippen LogP contribution in [0.4, 0.5) is 5.69 Å². The molecule has 4 rings (SSSR count). The number of amides is 1. The van der Waals surface area contributed by atoms with E-state index in [1.54, 1.807) is 54.6 Å². The maximum Gasteiger partial charge on any atom is 0.262 e. The minimum absolute atomic E-state index is 0.134. The summed E-state index contributed by atoms with van der Waals surface area (Å²) in [5.74, 6) is 0.822. The van der Waals surface area contributed by atoms with Gasteiger partial charge in [-0.15, -0.1) is 0 Å². The molecule has 3 aromatic carbocycles. The second-order valence-corrected chi connectivity index (χ2v) is 7.88. The lowest BCUT2D eigenvalue weighted by molar-refractivity contribution is -0.118. The van der Waals surface area contributed by atoms with E-state index in [1.807, 2.05) is 6.92 Å². The summed E-state index contributed by atoms with van der Waals surface area (Å²) in [4.78, 5) is 16.7. The molecule has 0 saturated heterocycles. The number of aromatic nitrogens is 1. The Kier molecular flexibility index (Phi) is 5.65. The van der Waals surface area contributed by atoms with Crippen LogP contribution in [0.3, 0.4) is 0 Å². The third kappa shape index (κ3) is 4.42. The van der Waals surface area contributed by atoms with Gasteiger partial charge in [0, 0.05) is 16.3 Å². The van der Waals surface area contributed by atoms with Crippen molar-refractivity contribution in [2.75, 3.05) is 11.9 Å². The quantitative estimate of drug-likeness (QED) is 0.364. The highest BCUT2D eigenvalue weighted by atomic mass is 79.9. The van der Waals surface area contributed by atoms with Crippen LogP contribution in [-0.2, 0) is 4.79 Å². The van der Waals surface area contributed by atoms with Crippen molar-refractivity contribution in [1.29, 1.82) is 0 Å². The predicted octanol–water partition coefficient (Wildman–Crippen LogP) is 5.94. The summed E-state index contributed by atoms with van der Waals surface area (Å²) >= 11 is 9.27. The van der Waals surface area contributed by atoms with Gasteiger partial charge in [-0.3, -0.25) is 4.79 Å². The Morgan fingerprint density at radius 2 is 2.03 bits per heavy atom. The van der Waals surface area contributed by atoms with E-state index in [4.69, 9.17) is 20.8 Å². The second kappa shape index (κ2) is 8.38. The highest BCUT2D eigenvalue weighted by Crippen LogP contribution is 2.31. The number of carbonyl (C=O) groups is 1. The molecule has 0 fully saturated rings. The molecule has 2 N–H and O–H groups in total. The number of nitrogens with zero attached hydrogens (tertiary/aromatic N) is 1. The number of fused-ring (bicyclic) bond motifs is 1. The number of phenols is 1. The fraction of sp³-hybridized carbons (Fsp3) is 0.0909. The number of hydrogen-bond acceptors (Lipinski definition) is 5. The first kappa shape index (κ1) is 20.3. The maximum absolute atomic E-state index is 12.2. The molecular weight excluding hydrogens is 472 g/mol. The van der Waals surface area contributed by atoms with Crippen molar-refractivity contribution in [3.8, 4) is 23.0 Å². The molecule has 1 aromatic heterocycles. The Bertz CT molecular complexity index is 1260. The molecule has 30 heavy (non-hydrogen) atoms. The second-order valence-electron chi connectivity index (χ2n) is 6.62. The van der Waals surface area contributed by atoms with E-state index in [-0.39, 0.29) is 18.3 Å². The van der Waals surface area contributed by atoms with E-state index in [1.165, 1.54) is 0 Å². The van der Waals surface area contributed by atoms with Crippen molar-refractivity contribution in [2.24, 2.45) is 0 Å². The maximum atomic E-state index is 12.2. The summed E-state index contributed by atoms with van der Waals surface area (Å²) in [5.41, 5.74) is 3.35. The molecule has 0 radical (unpaired) electrons. The van der Waals surface area contributed by atoms with E-state index in [0.29, 0.717) is 43.5 Å². The zero-order valence-electron chi connectivity index (χ0n) is 15.8. The summed E-state index contributed by atoms with van der Waals surface area (Å²) in [6.07, 6.45) is 0. The van der Waals surface area contributed by atoms with Gasteiger partial charge in [-0.1, -0.05) is 11.6 Å². The lowest BCUT2D eigenvalue weighted by Gasteiger charge is -2.08. The fourth-order valence-electron chi connectivity index (χ4n) is 2.82. The van der Waals surface area contributed by atoms with Crippen LogP contribution in [0.2, 0.25) is 5.02 Å². The number of aromatic hydroxyl groups is 1. The minimum Gasteiger partial charge on any atom is -0.507 e. The van der Waals surface area contributed by atoms with E-state index >= 15 is 0 Å². The Morgan fingerprint density at radius 3 is 2.80 bits per heavy atom. The molecule has 8 heteroatoms. The van der Waals surface area contributed by atoms with E-state index < -0.39 is 0 Å². The van der Waals surface area contributed by atoms with E-state index in [0.717, 1.165) is 5.56 Å². The average molecular weight is 488 g/mol. The highest BCUT2D eigenvalue weighted by Gasteiger charge is 2.12. The zero-order chi connectivity index (χ0) is 21.3. The largest absolute Gasteiger partial charge is 0.507 e. The molecule has 0 atom stereocenters. The lowest BCUT2D eigenvalue weighted by Crippen LogP contribution is -2.20. The van der Waals surface area contributed by atoms with Gasteiger partial charge in [0.2, 0.25) is 5.89 Å². The van der Waals surface area contributed by atoms with Gasteiger partial charge in [-0.05, 0) is 83.0 Å². The van der Waals surface area contributed by atoms with Gasteiger partial charge in [0.25, 0.3) is 5.91 Å². The van der Waals surface area contributed by atoms with Crippen molar-refractivity contribution in [3.63, 3.8) is 0 Å². The molecular formula is C22H16BrClN2O4. The number of benzene rings is 3. The summed E-state index contributed by atoms with van der Waals surface area (Å²) in [6, 6.07) is 15.4. The number of nitrogens with one attached hydrogen (secondary N) is 1. The van der Waals surface area contributed by atoms with Crippen LogP contribution < -0.4 is 10.1 Å². The molecule has 1 amide bonds. The Hall–Kier alpha value is -3.03. The smallest absolute Gasteiger partial charge is 0.262 e. The van der Waals surface area contributed by atoms with Gasteiger partial charge in [0.1, 0.15) is 17.0 Å². The monoisotopic (exact) mass is 486 g/mol. The average Bonchev–Trinajstić information content (AvgIpc) is 3.14. The van der Waals surface area contributed by atoms with Crippen molar-refractivity contribution in [2.45, 2.75) is 6.92 Å². The van der Waals surface area contributed by atoms with Crippen molar-refractivity contribution < 1.29 is 19.1 Å². The van der Waals surface area contributed by atoms with Gasteiger partial charge in [-0.2, -0.15) is 0 Å². The molecule has 0 aliphatic carbocycles. The number of ether oxygens (including phenoxy) is 1. The zero-order valence-corrected chi connectivity index (χ0v) is 18.1. The Morgan fingerprint density at radius 1 is 1.20 bits per heavy atom. The van der Waals surface area contributed by atoms with Gasteiger partial charge in [0.05, 0.1) is 4.47 Å². The number of aryl methyl sites for hydroxylation is 1. The molecule has 0 aliphatic heterocycles. The number of rotatable bonds is 5. The topological polar surface area (TPSA) is 84.6 Å². The molecule has 1 heterocycles. The number of halogens is 2. The van der Waals surface area contributed by atoms with Crippen LogP contribution in [0.1, 0.15) is 5.56 Å². The molecule has 0 bridgehead atoms. The van der Waals surface area contributed by atoms with Crippen LogP contribution in [0.5, 0.6) is 11.5 Å². The van der Waals surface area contributed by atoms with Gasteiger partial charge >= 0.3 is 0 Å². The summed E-state index contributed by atoms with van der Waals surface area (Å²) in [6.45, 7) is 1.73. The molecule has 6 nitrogen and oxygen atoms in total. The number of phenolic OH excluding ortho intramolecular Hbond substituents is 1. The van der Waals surface area contributed by atoms with Gasteiger partial charge in [0.15, 0.2) is 12.2 Å². The first-order valence-corrected chi connectivity index (χ1v) is 10.1. The van der Waals surface area contributed by atoms with E-state index in [2.05, 4.69) is 26.2 Å². The number of anilines is 1. The molecule has 0 unspecified atom stereocenters. The van der Waals surface area contributed by atoms with E-state index in [9.17, 15) is 9.90 Å². The van der Waals surface area contributed by atoms with Crippen LogP contribution >= 0.6 is 27.5 Å². The van der Waals surface area contributed by atoms with Crippen LogP contribution in [0.25, 0.3) is 22.6 Å². The number of carbonyl (C=O) groups excluding carboxylic acids is 1. The third-order valence-corrected chi connectivity index (χ3v) is 5.42. The molecule has 0 saturated carbocycles. The normalized spacial score (nSPS) is 10.9.